The molecule has 164 valence electrons. The first-order valence-corrected chi connectivity index (χ1v) is 11.1. The molecule has 4 nitrogen and oxygen atoms in total. The third kappa shape index (κ3) is 4.21. The van der Waals surface area contributed by atoms with E-state index in [0.717, 1.165) is 48.4 Å². The van der Waals surface area contributed by atoms with Crippen LogP contribution in [-0.2, 0) is 5.41 Å². The van der Waals surface area contributed by atoms with Crippen LogP contribution in [0, 0.1) is 5.82 Å². The van der Waals surface area contributed by atoms with Crippen molar-refractivity contribution in [2.75, 3.05) is 7.11 Å². The standard InChI is InChI=1S/C25H28ClFN2O2/c1-3-23(28)25(17-4-6-18(27)7-5-17)11-8-19(9-12-25)31-22-14-16-10-13-29-24(30-2)20(16)15-21(22)26/h4-7,10,13-15,19,23H,3,8-9,11-12,28H2,1-2H3/t19-,23-,25+/m0/s1. The predicted octanol–water partition coefficient (Wildman–Crippen LogP) is 6.03. The first kappa shape index (κ1) is 21.8. The van der Waals surface area contributed by atoms with Crippen LogP contribution in [0.3, 0.4) is 0 Å². The molecule has 0 unspecified atom stereocenters. The second-order valence-electron chi connectivity index (χ2n) is 8.32. The third-order valence-corrected chi connectivity index (χ3v) is 6.96. The van der Waals surface area contributed by atoms with Crippen molar-refractivity contribution >= 4 is 22.4 Å². The van der Waals surface area contributed by atoms with Gasteiger partial charge in [0.05, 0.1) is 18.2 Å². The van der Waals surface area contributed by atoms with Crippen molar-refractivity contribution in [3.63, 3.8) is 0 Å². The van der Waals surface area contributed by atoms with Crippen molar-refractivity contribution in [3.05, 3.63) is 65.1 Å². The Kier molecular flexibility index (Phi) is 6.35. The molecule has 1 aliphatic carbocycles. The molecule has 4 rings (SSSR count). The van der Waals surface area contributed by atoms with E-state index in [0.29, 0.717) is 16.7 Å². The fraction of sp³-hybridized carbons (Fsp3) is 0.400. The van der Waals surface area contributed by atoms with Gasteiger partial charge in [-0.15, -0.1) is 0 Å². The summed E-state index contributed by atoms with van der Waals surface area (Å²) >= 11 is 6.53. The fourth-order valence-electron chi connectivity index (χ4n) is 4.85. The first-order chi connectivity index (χ1) is 15.0. The zero-order chi connectivity index (χ0) is 22.0. The van der Waals surface area contributed by atoms with E-state index in [1.54, 1.807) is 13.3 Å². The minimum absolute atomic E-state index is 0.0168. The Morgan fingerprint density at radius 1 is 1.19 bits per heavy atom. The van der Waals surface area contributed by atoms with E-state index in [9.17, 15) is 4.39 Å². The van der Waals surface area contributed by atoms with Crippen molar-refractivity contribution in [1.82, 2.24) is 4.98 Å². The molecule has 0 radical (unpaired) electrons. The van der Waals surface area contributed by atoms with E-state index in [-0.39, 0.29) is 23.4 Å². The number of halogens is 2. The molecular weight excluding hydrogens is 415 g/mol. The van der Waals surface area contributed by atoms with Gasteiger partial charge in [0.15, 0.2) is 0 Å². The van der Waals surface area contributed by atoms with Crippen molar-refractivity contribution in [2.24, 2.45) is 5.73 Å². The van der Waals surface area contributed by atoms with E-state index < -0.39 is 0 Å². The van der Waals surface area contributed by atoms with E-state index in [1.807, 2.05) is 30.3 Å². The number of aromatic nitrogens is 1. The van der Waals surface area contributed by atoms with E-state index in [4.69, 9.17) is 26.8 Å². The molecule has 3 aromatic rings. The lowest BCUT2D eigenvalue weighted by Gasteiger charge is -2.44. The van der Waals surface area contributed by atoms with Crippen LogP contribution in [0.5, 0.6) is 11.6 Å². The summed E-state index contributed by atoms with van der Waals surface area (Å²) in [6.45, 7) is 2.11. The lowest BCUT2D eigenvalue weighted by atomic mass is 9.64. The lowest BCUT2D eigenvalue weighted by Crippen LogP contribution is -2.48. The molecule has 0 bridgehead atoms. The van der Waals surface area contributed by atoms with Gasteiger partial charge in [0.2, 0.25) is 5.88 Å². The molecule has 0 saturated heterocycles. The number of benzene rings is 2. The largest absolute Gasteiger partial charge is 0.489 e. The quantitative estimate of drug-likeness (QED) is 0.506. The second-order valence-corrected chi connectivity index (χ2v) is 8.73. The Hall–Kier alpha value is -2.37. The van der Waals surface area contributed by atoms with Crippen molar-refractivity contribution in [3.8, 4) is 11.6 Å². The summed E-state index contributed by atoms with van der Waals surface area (Å²) in [5, 5.41) is 2.37. The molecule has 1 aliphatic rings. The number of nitrogens with zero attached hydrogens (tertiary/aromatic N) is 1. The number of hydrogen-bond donors (Lipinski definition) is 1. The average Bonchev–Trinajstić information content (AvgIpc) is 2.80. The molecule has 2 aromatic carbocycles. The Labute approximate surface area is 187 Å². The number of pyridine rings is 1. The number of hydrogen-bond acceptors (Lipinski definition) is 4. The number of fused-ring (bicyclic) bond motifs is 1. The fourth-order valence-corrected chi connectivity index (χ4v) is 5.06. The summed E-state index contributed by atoms with van der Waals surface area (Å²) in [6.07, 6.45) is 6.13. The summed E-state index contributed by atoms with van der Waals surface area (Å²) in [4.78, 5) is 4.23. The number of ether oxygens (including phenoxy) is 2. The van der Waals surface area contributed by atoms with Crippen LogP contribution in [-0.4, -0.2) is 24.2 Å². The summed E-state index contributed by atoms with van der Waals surface area (Å²) in [7, 11) is 1.59. The zero-order valence-corrected chi connectivity index (χ0v) is 18.7. The zero-order valence-electron chi connectivity index (χ0n) is 17.9. The van der Waals surface area contributed by atoms with Gasteiger partial charge >= 0.3 is 0 Å². The highest BCUT2D eigenvalue weighted by atomic mass is 35.5. The molecule has 1 aromatic heterocycles. The Balaban J connectivity index is 1.54. The van der Waals surface area contributed by atoms with Gasteiger partial charge in [-0.1, -0.05) is 30.7 Å². The summed E-state index contributed by atoms with van der Waals surface area (Å²) in [6, 6.07) is 12.5. The normalized spacial score (nSPS) is 22.3. The SMILES string of the molecule is CC[C@H](N)[C@]1(c2ccc(F)cc2)CC[C@H](Oc2cc3ccnc(OC)c3cc2Cl)CC1. The minimum atomic E-state index is -0.223. The van der Waals surface area contributed by atoms with E-state index in [2.05, 4.69) is 11.9 Å². The number of rotatable bonds is 6. The maximum atomic E-state index is 13.5. The van der Waals surface area contributed by atoms with Crippen LogP contribution in [0.1, 0.15) is 44.6 Å². The van der Waals surface area contributed by atoms with E-state index in [1.165, 1.54) is 12.1 Å². The Morgan fingerprint density at radius 2 is 1.90 bits per heavy atom. The van der Waals surface area contributed by atoms with Gasteiger partial charge < -0.3 is 15.2 Å². The first-order valence-electron chi connectivity index (χ1n) is 10.8. The molecule has 0 spiro atoms. The van der Waals surface area contributed by atoms with Gasteiger partial charge in [-0.25, -0.2) is 9.37 Å². The van der Waals surface area contributed by atoms with Crippen molar-refractivity contribution < 1.29 is 13.9 Å². The number of methoxy groups -OCH3 is 1. The van der Waals surface area contributed by atoms with Gasteiger partial charge in [-0.05, 0) is 73.4 Å². The maximum absolute atomic E-state index is 13.5. The van der Waals surface area contributed by atoms with Gasteiger partial charge in [-0.2, -0.15) is 0 Å². The average molecular weight is 443 g/mol. The highest BCUT2D eigenvalue weighted by Gasteiger charge is 2.41. The summed E-state index contributed by atoms with van der Waals surface area (Å²) in [5.41, 5.74) is 7.55. The molecule has 0 aliphatic heterocycles. The van der Waals surface area contributed by atoms with Gasteiger partial charge in [0, 0.05) is 23.0 Å². The number of nitrogens with two attached hydrogens (primary N) is 1. The van der Waals surface area contributed by atoms with Crippen molar-refractivity contribution in [1.29, 1.82) is 0 Å². The van der Waals surface area contributed by atoms with E-state index >= 15 is 0 Å². The van der Waals surface area contributed by atoms with Crippen LogP contribution in [0.4, 0.5) is 4.39 Å². The predicted molar refractivity (Wildman–Crippen MR) is 123 cm³/mol. The molecule has 0 amide bonds. The molecule has 6 heteroatoms. The van der Waals surface area contributed by atoms with Crippen LogP contribution in [0.2, 0.25) is 5.02 Å². The van der Waals surface area contributed by atoms with Gasteiger partial charge in [-0.3, -0.25) is 0 Å². The Morgan fingerprint density at radius 3 is 2.55 bits per heavy atom. The van der Waals surface area contributed by atoms with Crippen LogP contribution < -0.4 is 15.2 Å². The summed E-state index contributed by atoms with van der Waals surface area (Å²) < 4.78 is 25.2. The molecule has 1 saturated carbocycles. The topological polar surface area (TPSA) is 57.4 Å². The molecule has 2 N–H and O–H groups in total. The van der Waals surface area contributed by atoms with Crippen LogP contribution in [0.25, 0.3) is 10.8 Å². The van der Waals surface area contributed by atoms with Gasteiger partial charge in [0.25, 0.3) is 0 Å². The second kappa shape index (κ2) is 9.01. The minimum Gasteiger partial charge on any atom is -0.489 e. The molecule has 1 atom stereocenters. The molecule has 1 heterocycles. The van der Waals surface area contributed by atoms with Crippen LogP contribution in [0.15, 0.2) is 48.7 Å². The summed E-state index contributed by atoms with van der Waals surface area (Å²) in [5.74, 6) is 0.988. The van der Waals surface area contributed by atoms with Crippen molar-refractivity contribution in [2.45, 2.75) is 56.6 Å². The smallest absolute Gasteiger partial charge is 0.221 e. The maximum Gasteiger partial charge on any atom is 0.221 e. The molecular formula is C25H28ClFN2O2. The van der Waals surface area contributed by atoms with Crippen LogP contribution >= 0.6 is 11.6 Å². The van der Waals surface area contributed by atoms with Gasteiger partial charge in [0.1, 0.15) is 11.6 Å². The lowest BCUT2D eigenvalue weighted by molar-refractivity contribution is 0.104. The molecule has 31 heavy (non-hydrogen) atoms. The third-order valence-electron chi connectivity index (χ3n) is 6.66. The monoisotopic (exact) mass is 442 g/mol. The Bertz CT molecular complexity index is 1050. The molecule has 1 fully saturated rings. The highest BCUT2D eigenvalue weighted by Crippen LogP contribution is 2.44. The highest BCUT2D eigenvalue weighted by molar-refractivity contribution is 6.33.